The van der Waals surface area contributed by atoms with Gasteiger partial charge in [-0.2, -0.15) is 0 Å². The van der Waals surface area contributed by atoms with E-state index in [0.717, 1.165) is 22.8 Å². The maximum absolute atomic E-state index is 5.67. The Bertz CT molecular complexity index is 392. The molecule has 3 nitrogen and oxygen atoms in total. The first-order valence-corrected chi connectivity index (χ1v) is 5.38. The van der Waals surface area contributed by atoms with Crippen LogP contribution in [0.1, 0.15) is 12.6 Å². The summed E-state index contributed by atoms with van der Waals surface area (Å²) in [6.45, 7) is 1.96. The number of nitrogens with zero attached hydrogens (tertiary/aromatic N) is 1. The summed E-state index contributed by atoms with van der Waals surface area (Å²) in [4.78, 5) is 1.11. The zero-order valence-electron chi connectivity index (χ0n) is 7.93. The molecule has 0 aliphatic rings. The lowest BCUT2D eigenvalue weighted by molar-refractivity contribution is 0.422. The molecule has 0 saturated heterocycles. The molecule has 2 aromatic heterocycles. The van der Waals surface area contributed by atoms with Crippen LogP contribution in [-0.4, -0.2) is 11.2 Å². The SMILES string of the molecule is CC(N)Cc1cc(-c2cccs2)on1. The molecule has 14 heavy (non-hydrogen) atoms. The number of rotatable bonds is 3. The van der Waals surface area contributed by atoms with Gasteiger partial charge in [-0.15, -0.1) is 11.3 Å². The first-order valence-electron chi connectivity index (χ1n) is 4.51. The molecular weight excluding hydrogens is 196 g/mol. The van der Waals surface area contributed by atoms with E-state index in [2.05, 4.69) is 5.16 Å². The van der Waals surface area contributed by atoms with E-state index in [1.807, 2.05) is 30.5 Å². The summed E-state index contributed by atoms with van der Waals surface area (Å²) >= 11 is 1.64. The van der Waals surface area contributed by atoms with Crippen LogP contribution in [0.4, 0.5) is 0 Å². The number of hydrogen-bond acceptors (Lipinski definition) is 4. The fourth-order valence-corrected chi connectivity index (χ4v) is 1.95. The van der Waals surface area contributed by atoms with E-state index in [4.69, 9.17) is 10.3 Å². The van der Waals surface area contributed by atoms with Crippen molar-refractivity contribution in [2.75, 3.05) is 0 Å². The van der Waals surface area contributed by atoms with Gasteiger partial charge in [0, 0.05) is 18.5 Å². The highest BCUT2D eigenvalue weighted by atomic mass is 32.1. The molecule has 2 heterocycles. The van der Waals surface area contributed by atoms with Gasteiger partial charge < -0.3 is 10.3 Å². The zero-order valence-corrected chi connectivity index (χ0v) is 8.75. The predicted molar refractivity (Wildman–Crippen MR) is 57.2 cm³/mol. The first kappa shape index (κ1) is 9.43. The van der Waals surface area contributed by atoms with Gasteiger partial charge in [-0.05, 0) is 18.4 Å². The molecule has 2 N–H and O–H groups in total. The second-order valence-electron chi connectivity index (χ2n) is 3.34. The summed E-state index contributed by atoms with van der Waals surface area (Å²) in [5.41, 5.74) is 6.59. The van der Waals surface area contributed by atoms with Crippen molar-refractivity contribution >= 4 is 11.3 Å². The first-order chi connectivity index (χ1) is 6.75. The van der Waals surface area contributed by atoms with Crippen LogP contribution in [0.5, 0.6) is 0 Å². The van der Waals surface area contributed by atoms with Crippen LogP contribution in [-0.2, 0) is 6.42 Å². The van der Waals surface area contributed by atoms with Crippen molar-refractivity contribution < 1.29 is 4.52 Å². The summed E-state index contributed by atoms with van der Waals surface area (Å²) in [5.74, 6) is 0.829. The lowest BCUT2D eigenvalue weighted by Crippen LogP contribution is -2.17. The third-order valence-electron chi connectivity index (χ3n) is 1.85. The third kappa shape index (κ3) is 2.02. The van der Waals surface area contributed by atoms with Gasteiger partial charge in [0.2, 0.25) is 0 Å². The van der Waals surface area contributed by atoms with E-state index in [9.17, 15) is 0 Å². The molecule has 0 aromatic carbocycles. The van der Waals surface area contributed by atoms with Gasteiger partial charge in [0.05, 0.1) is 10.6 Å². The Labute approximate surface area is 86.5 Å². The normalized spacial score (nSPS) is 13.0. The molecule has 0 radical (unpaired) electrons. The van der Waals surface area contributed by atoms with Gasteiger partial charge >= 0.3 is 0 Å². The minimum Gasteiger partial charge on any atom is -0.355 e. The number of hydrogen-bond donors (Lipinski definition) is 1. The monoisotopic (exact) mass is 208 g/mol. The summed E-state index contributed by atoms with van der Waals surface area (Å²) in [5, 5.41) is 5.98. The third-order valence-corrected chi connectivity index (χ3v) is 2.74. The molecule has 4 heteroatoms. The van der Waals surface area contributed by atoms with E-state index < -0.39 is 0 Å². The number of thiophene rings is 1. The highest BCUT2D eigenvalue weighted by Gasteiger charge is 2.08. The minimum absolute atomic E-state index is 0.122. The molecule has 2 rings (SSSR count). The van der Waals surface area contributed by atoms with Crippen molar-refractivity contribution in [2.45, 2.75) is 19.4 Å². The minimum atomic E-state index is 0.122. The number of nitrogens with two attached hydrogens (primary N) is 1. The fraction of sp³-hybridized carbons (Fsp3) is 0.300. The Balaban J connectivity index is 2.18. The van der Waals surface area contributed by atoms with E-state index in [0.29, 0.717) is 0 Å². The summed E-state index contributed by atoms with van der Waals surface area (Å²) in [6, 6.07) is 6.08. The van der Waals surface area contributed by atoms with Crippen LogP contribution < -0.4 is 5.73 Å². The molecule has 0 bridgehead atoms. The average Bonchev–Trinajstić information content (AvgIpc) is 2.69. The summed E-state index contributed by atoms with van der Waals surface area (Å²) in [7, 11) is 0. The Morgan fingerprint density at radius 3 is 3.14 bits per heavy atom. The lowest BCUT2D eigenvalue weighted by Gasteiger charge is -1.97. The molecule has 2 aromatic rings. The molecule has 0 fully saturated rings. The molecule has 1 unspecified atom stereocenters. The van der Waals surface area contributed by atoms with Crippen molar-refractivity contribution in [3.05, 3.63) is 29.3 Å². The molecule has 0 aliphatic heterocycles. The predicted octanol–water partition coefficient (Wildman–Crippen LogP) is 2.29. The second-order valence-corrected chi connectivity index (χ2v) is 4.29. The Morgan fingerprint density at radius 1 is 1.64 bits per heavy atom. The molecule has 1 atom stereocenters. The van der Waals surface area contributed by atoms with Gasteiger partial charge in [0.25, 0.3) is 0 Å². The van der Waals surface area contributed by atoms with Crippen LogP contribution in [0.25, 0.3) is 10.6 Å². The Kier molecular flexibility index (Phi) is 2.65. The quantitative estimate of drug-likeness (QED) is 0.842. The molecular formula is C10H12N2OS. The molecule has 74 valence electrons. The average molecular weight is 208 g/mol. The Morgan fingerprint density at radius 2 is 2.50 bits per heavy atom. The lowest BCUT2D eigenvalue weighted by atomic mass is 10.2. The van der Waals surface area contributed by atoms with Crippen molar-refractivity contribution in [1.82, 2.24) is 5.16 Å². The molecule has 0 aliphatic carbocycles. The van der Waals surface area contributed by atoms with Crippen LogP contribution in [0.3, 0.4) is 0 Å². The number of aromatic nitrogens is 1. The molecule has 0 saturated carbocycles. The highest BCUT2D eigenvalue weighted by molar-refractivity contribution is 7.13. The van der Waals surface area contributed by atoms with Crippen molar-refractivity contribution in [2.24, 2.45) is 5.73 Å². The van der Waals surface area contributed by atoms with E-state index in [1.165, 1.54) is 0 Å². The fourth-order valence-electron chi connectivity index (χ4n) is 1.27. The Hall–Kier alpha value is -1.13. The van der Waals surface area contributed by atoms with Crippen LogP contribution in [0, 0.1) is 0 Å². The van der Waals surface area contributed by atoms with Crippen molar-refractivity contribution in [3.63, 3.8) is 0 Å². The van der Waals surface area contributed by atoms with E-state index in [-0.39, 0.29) is 6.04 Å². The standard InChI is InChI=1S/C10H12N2OS/c1-7(11)5-8-6-9(13-12-8)10-3-2-4-14-10/h2-4,6-7H,5,11H2,1H3. The van der Waals surface area contributed by atoms with Gasteiger partial charge in [0.1, 0.15) is 0 Å². The van der Waals surface area contributed by atoms with E-state index >= 15 is 0 Å². The zero-order chi connectivity index (χ0) is 9.97. The maximum Gasteiger partial charge on any atom is 0.177 e. The van der Waals surface area contributed by atoms with Gasteiger partial charge in [-0.1, -0.05) is 11.2 Å². The van der Waals surface area contributed by atoms with Crippen LogP contribution >= 0.6 is 11.3 Å². The van der Waals surface area contributed by atoms with Gasteiger partial charge in [-0.3, -0.25) is 0 Å². The van der Waals surface area contributed by atoms with Crippen LogP contribution in [0.2, 0.25) is 0 Å². The smallest absolute Gasteiger partial charge is 0.177 e. The van der Waals surface area contributed by atoms with Crippen LogP contribution in [0.15, 0.2) is 28.1 Å². The molecule has 0 amide bonds. The van der Waals surface area contributed by atoms with Crippen molar-refractivity contribution in [1.29, 1.82) is 0 Å². The summed E-state index contributed by atoms with van der Waals surface area (Å²) in [6.07, 6.45) is 0.759. The molecule has 0 spiro atoms. The maximum atomic E-state index is 5.67. The summed E-state index contributed by atoms with van der Waals surface area (Å²) < 4.78 is 5.21. The van der Waals surface area contributed by atoms with Crippen molar-refractivity contribution in [3.8, 4) is 10.6 Å². The van der Waals surface area contributed by atoms with Gasteiger partial charge in [-0.25, -0.2) is 0 Å². The highest BCUT2D eigenvalue weighted by Crippen LogP contribution is 2.25. The topological polar surface area (TPSA) is 52.0 Å². The van der Waals surface area contributed by atoms with E-state index in [1.54, 1.807) is 11.3 Å². The second kappa shape index (κ2) is 3.94. The van der Waals surface area contributed by atoms with Gasteiger partial charge in [0.15, 0.2) is 5.76 Å². The largest absolute Gasteiger partial charge is 0.355 e.